The van der Waals surface area contributed by atoms with Crippen molar-refractivity contribution in [3.05, 3.63) is 28.0 Å². The number of nitrogens with one attached hydrogen (secondary N) is 1. The molecule has 1 N–H and O–H groups in total. The summed E-state index contributed by atoms with van der Waals surface area (Å²) in [6.45, 7) is 7.25. The highest BCUT2D eigenvalue weighted by Crippen LogP contribution is 2.26. The smallest absolute Gasteiger partial charge is 0.246 e. The van der Waals surface area contributed by atoms with Gasteiger partial charge in [-0.1, -0.05) is 36.7 Å². The minimum atomic E-state index is -3.81. The zero-order valence-corrected chi connectivity index (χ0v) is 15.0. The Morgan fingerprint density at radius 1 is 1.29 bits per heavy atom. The van der Waals surface area contributed by atoms with Crippen molar-refractivity contribution in [2.45, 2.75) is 38.6 Å². The molecule has 1 rings (SSSR count). The maximum absolute atomic E-state index is 14.5. The van der Waals surface area contributed by atoms with Gasteiger partial charge in [0, 0.05) is 29.7 Å². The Bertz CT molecular complexity index is 579. The monoisotopic (exact) mass is 380 g/mol. The van der Waals surface area contributed by atoms with Crippen molar-refractivity contribution >= 4 is 26.0 Å². The third-order valence-electron chi connectivity index (χ3n) is 3.09. The third-order valence-corrected chi connectivity index (χ3v) is 5.52. The van der Waals surface area contributed by atoms with Gasteiger partial charge >= 0.3 is 0 Å². The SMILES string of the molecule is CCCN(CC)S(=O)(=O)c1cc(Br)cc(CNCC)c1F. The summed E-state index contributed by atoms with van der Waals surface area (Å²) in [5.41, 5.74) is 0.345. The topological polar surface area (TPSA) is 49.4 Å². The van der Waals surface area contributed by atoms with E-state index in [1.54, 1.807) is 13.0 Å². The quantitative estimate of drug-likeness (QED) is 0.753. The molecule has 0 radical (unpaired) electrons. The van der Waals surface area contributed by atoms with E-state index < -0.39 is 15.8 Å². The van der Waals surface area contributed by atoms with Crippen LogP contribution in [0.3, 0.4) is 0 Å². The molecule has 4 nitrogen and oxygen atoms in total. The second-order valence-electron chi connectivity index (χ2n) is 4.65. The molecule has 1 aromatic carbocycles. The van der Waals surface area contributed by atoms with Crippen LogP contribution in [-0.2, 0) is 16.6 Å². The van der Waals surface area contributed by atoms with Crippen LogP contribution in [0.5, 0.6) is 0 Å². The molecule has 0 unspecified atom stereocenters. The van der Waals surface area contributed by atoms with E-state index in [1.165, 1.54) is 10.4 Å². The van der Waals surface area contributed by atoms with Crippen molar-refractivity contribution in [2.75, 3.05) is 19.6 Å². The standard InChI is InChI=1S/C14H22BrFN2O2S/c1-4-7-18(6-3)21(19,20)13-9-12(15)8-11(14(13)16)10-17-5-2/h8-9,17H,4-7,10H2,1-3H3. The Hall–Kier alpha value is -0.500. The van der Waals surface area contributed by atoms with Gasteiger partial charge in [0.2, 0.25) is 10.0 Å². The number of nitrogens with zero attached hydrogens (tertiary/aromatic N) is 1. The second kappa shape index (κ2) is 8.22. The molecule has 0 amide bonds. The van der Waals surface area contributed by atoms with Gasteiger partial charge in [0.1, 0.15) is 10.7 Å². The van der Waals surface area contributed by atoms with Gasteiger partial charge in [0.15, 0.2) is 0 Å². The van der Waals surface area contributed by atoms with Gasteiger partial charge in [-0.05, 0) is 25.1 Å². The molecule has 0 aliphatic rings. The molecule has 0 heterocycles. The third kappa shape index (κ3) is 4.48. The van der Waals surface area contributed by atoms with E-state index in [4.69, 9.17) is 0 Å². The van der Waals surface area contributed by atoms with Gasteiger partial charge in [-0.3, -0.25) is 0 Å². The average molecular weight is 381 g/mol. The first-order valence-corrected chi connectivity index (χ1v) is 9.30. The Morgan fingerprint density at radius 3 is 2.48 bits per heavy atom. The van der Waals surface area contributed by atoms with Crippen molar-refractivity contribution in [2.24, 2.45) is 0 Å². The van der Waals surface area contributed by atoms with E-state index in [0.29, 0.717) is 42.6 Å². The van der Waals surface area contributed by atoms with E-state index >= 15 is 0 Å². The van der Waals surface area contributed by atoms with Crippen molar-refractivity contribution < 1.29 is 12.8 Å². The van der Waals surface area contributed by atoms with Crippen molar-refractivity contribution in [3.8, 4) is 0 Å². The van der Waals surface area contributed by atoms with Crippen LogP contribution in [0.1, 0.15) is 32.8 Å². The predicted molar refractivity (Wildman–Crippen MR) is 86.2 cm³/mol. The molecule has 0 saturated heterocycles. The van der Waals surface area contributed by atoms with Crippen molar-refractivity contribution in [1.29, 1.82) is 0 Å². The molecular formula is C14H22BrFN2O2S. The number of benzene rings is 1. The van der Waals surface area contributed by atoms with E-state index in [2.05, 4.69) is 21.2 Å². The molecule has 0 bridgehead atoms. The molecule has 7 heteroatoms. The number of sulfonamides is 1. The van der Waals surface area contributed by atoms with Gasteiger partial charge in [-0.15, -0.1) is 0 Å². The van der Waals surface area contributed by atoms with Crippen LogP contribution in [0.4, 0.5) is 4.39 Å². The van der Waals surface area contributed by atoms with Crippen LogP contribution in [0.25, 0.3) is 0 Å². The molecule has 21 heavy (non-hydrogen) atoms. The van der Waals surface area contributed by atoms with Crippen LogP contribution in [0, 0.1) is 5.82 Å². The lowest BCUT2D eigenvalue weighted by Gasteiger charge is -2.21. The number of rotatable bonds is 8. The molecule has 120 valence electrons. The van der Waals surface area contributed by atoms with E-state index in [-0.39, 0.29) is 4.90 Å². The lowest BCUT2D eigenvalue weighted by molar-refractivity contribution is 0.422. The summed E-state index contributed by atoms with van der Waals surface area (Å²) in [7, 11) is -3.81. The molecule has 0 spiro atoms. The minimum absolute atomic E-state index is 0.264. The zero-order chi connectivity index (χ0) is 16.0. The normalized spacial score (nSPS) is 12.1. The predicted octanol–water partition coefficient (Wildman–Crippen LogP) is 3.12. The van der Waals surface area contributed by atoms with Crippen LogP contribution in [-0.4, -0.2) is 32.4 Å². The summed E-state index contributed by atoms with van der Waals surface area (Å²) < 4.78 is 41.6. The van der Waals surface area contributed by atoms with Crippen LogP contribution in [0.2, 0.25) is 0 Å². The Kier molecular flexibility index (Phi) is 7.26. The number of hydrogen-bond acceptors (Lipinski definition) is 3. The zero-order valence-electron chi connectivity index (χ0n) is 12.6. The molecule has 0 fully saturated rings. The van der Waals surface area contributed by atoms with Gasteiger partial charge in [0.05, 0.1) is 0 Å². The summed E-state index contributed by atoms with van der Waals surface area (Å²) in [6.07, 6.45) is 0.687. The van der Waals surface area contributed by atoms with Crippen LogP contribution < -0.4 is 5.32 Å². The van der Waals surface area contributed by atoms with E-state index in [1.807, 2.05) is 13.8 Å². The van der Waals surface area contributed by atoms with Gasteiger partial charge in [-0.25, -0.2) is 12.8 Å². The van der Waals surface area contributed by atoms with E-state index in [9.17, 15) is 12.8 Å². The minimum Gasteiger partial charge on any atom is -0.313 e. The van der Waals surface area contributed by atoms with E-state index in [0.717, 1.165) is 0 Å². The molecule has 0 aliphatic carbocycles. The fraction of sp³-hybridized carbons (Fsp3) is 0.571. The average Bonchev–Trinajstić information content (AvgIpc) is 2.44. The second-order valence-corrected chi connectivity index (χ2v) is 7.48. The summed E-state index contributed by atoms with van der Waals surface area (Å²) in [6, 6.07) is 2.94. The summed E-state index contributed by atoms with van der Waals surface area (Å²) in [5.74, 6) is -0.672. The fourth-order valence-electron chi connectivity index (χ4n) is 2.03. The van der Waals surface area contributed by atoms with Crippen molar-refractivity contribution in [3.63, 3.8) is 0 Å². The highest BCUT2D eigenvalue weighted by atomic mass is 79.9. The molecule has 1 aromatic rings. The fourth-order valence-corrected chi connectivity index (χ4v) is 4.36. The number of halogens is 2. The molecule has 0 atom stereocenters. The first-order chi connectivity index (χ1) is 9.88. The highest BCUT2D eigenvalue weighted by molar-refractivity contribution is 9.10. The maximum atomic E-state index is 14.5. The Balaban J connectivity index is 3.31. The summed E-state index contributed by atoms with van der Waals surface area (Å²) in [4.78, 5) is -0.264. The number of hydrogen-bond donors (Lipinski definition) is 1. The lowest BCUT2D eigenvalue weighted by Crippen LogP contribution is -2.32. The van der Waals surface area contributed by atoms with Crippen LogP contribution in [0.15, 0.2) is 21.5 Å². The Morgan fingerprint density at radius 2 is 1.95 bits per heavy atom. The summed E-state index contributed by atoms with van der Waals surface area (Å²) in [5, 5.41) is 3.01. The largest absolute Gasteiger partial charge is 0.313 e. The maximum Gasteiger partial charge on any atom is 0.246 e. The highest BCUT2D eigenvalue weighted by Gasteiger charge is 2.27. The van der Waals surface area contributed by atoms with Gasteiger partial charge in [-0.2, -0.15) is 4.31 Å². The van der Waals surface area contributed by atoms with Crippen molar-refractivity contribution in [1.82, 2.24) is 9.62 Å². The van der Waals surface area contributed by atoms with Gasteiger partial charge in [0.25, 0.3) is 0 Å². The lowest BCUT2D eigenvalue weighted by atomic mass is 10.2. The Labute approximate surface area is 134 Å². The van der Waals surface area contributed by atoms with Gasteiger partial charge < -0.3 is 5.32 Å². The summed E-state index contributed by atoms with van der Waals surface area (Å²) >= 11 is 3.26. The molecule has 0 aliphatic heterocycles. The molecule has 0 aromatic heterocycles. The molecule has 0 saturated carbocycles. The molecular weight excluding hydrogens is 359 g/mol. The first kappa shape index (κ1) is 18.5. The van der Waals surface area contributed by atoms with Crippen LogP contribution >= 0.6 is 15.9 Å². The first-order valence-electron chi connectivity index (χ1n) is 7.07.